The lowest BCUT2D eigenvalue weighted by atomic mass is 10.2. The van der Waals surface area contributed by atoms with Gasteiger partial charge in [0.05, 0.1) is 15.9 Å². The fraction of sp³-hybridized carbons (Fsp3) is 0. The second-order valence-corrected chi connectivity index (χ2v) is 7.12. The molecule has 5 rings (SSSR count). The van der Waals surface area contributed by atoms with E-state index in [1.54, 1.807) is 11.3 Å². The Morgan fingerprint density at radius 1 is 0.923 bits per heavy atom. The zero-order chi connectivity index (χ0) is 17.3. The second-order valence-electron chi connectivity index (χ2n) is 6.08. The molecule has 0 saturated heterocycles. The van der Waals surface area contributed by atoms with Gasteiger partial charge in [0.2, 0.25) is 0 Å². The molecule has 0 aliphatic heterocycles. The van der Waals surface area contributed by atoms with Gasteiger partial charge in [-0.1, -0.05) is 42.5 Å². The summed E-state index contributed by atoms with van der Waals surface area (Å²) in [6, 6.07) is 24.7. The van der Waals surface area contributed by atoms with Gasteiger partial charge in [-0.3, -0.25) is 4.99 Å². The summed E-state index contributed by atoms with van der Waals surface area (Å²) in [6.07, 6.45) is 3.90. The average molecular weight is 353 g/mol. The molecule has 124 valence electrons. The van der Waals surface area contributed by atoms with Gasteiger partial charge in [0.15, 0.2) is 0 Å². The van der Waals surface area contributed by atoms with E-state index in [2.05, 4.69) is 40.3 Å². The normalized spacial score (nSPS) is 11.7. The molecule has 0 fully saturated rings. The van der Waals surface area contributed by atoms with Gasteiger partial charge in [-0.2, -0.15) is 0 Å². The third-order valence-corrected chi connectivity index (χ3v) is 5.45. The molecule has 26 heavy (non-hydrogen) atoms. The number of hydrogen-bond acceptors (Lipinski definition) is 3. The highest BCUT2D eigenvalue weighted by Crippen LogP contribution is 2.31. The van der Waals surface area contributed by atoms with Crippen LogP contribution in [0, 0.1) is 0 Å². The maximum absolute atomic E-state index is 4.74. The van der Waals surface area contributed by atoms with E-state index in [-0.39, 0.29) is 0 Å². The number of H-pyrrole nitrogens is 1. The summed E-state index contributed by atoms with van der Waals surface area (Å²) in [6.45, 7) is 0. The first-order valence-corrected chi connectivity index (χ1v) is 9.25. The molecule has 4 heteroatoms. The quantitative estimate of drug-likeness (QED) is 0.386. The predicted octanol–water partition coefficient (Wildman–Crippen LogP) is 6.20. The van der Waals surface area contributed by atoms with Crippen molar-refractivity contribution < 1.29 is 0 Å². The molecule has 0 aliphatic rings. The number of para-hydroxylation sites is 2. The monoisotopic (exact) mass is 353 g/mol. The number of rotatable bonds is 3. The van der Waals surface area contributed by atoms with Gasteiger partial charge < -0.3 is 4.98 Å². The van der Waals surface area contributed by atoms with Crippen LogP contribution in [0.25, 0.3) is 31.7 Å². The van der Waals surface area contributed by atoms with E-state index in [4.69, 9.17) is 4.98 Å². The van der Waals surface area contributed by atoms with E-state index in [0.29, 0.717) is 0 Å². The van der Waals surface area contributed by atoms with Crippen molar-refractivity contribution in [1.82, 2.24) is 9.97 Å². The van der Waals surface area contributed by atoms with Crippen LogP contribution in [-0.4, -0.2) is 16.2 Å². The maximum Gasteiger partial charge on any atom is 0.124 e. The molecule has 0 aliphatic carbocycles. The van der Waals surface area contributed by atoms with Crippen LogP contribution in [0.4, 0.5) is 5.69 Å². The van der Waals surface area contributed by atoms with Gasteiger partial charge in [0.25, 0.3) is 0 Å². The molecule has 5 aromatic rings. The number of aromatic amines is 1. The molecule has 0 unspecified atom stereocenters. The molecule has 0 bridgehead atoms. The Morgan fingerprint density at radius 2 is 1.81 bits per heavy atom. The lowest BCUT2D eigenvalue weighted by molar-refractivity contribution is 1.45. The Hall–Kier alpha value is -3.24. The van der Waals surface area contributed by atoms with Crippen molar-refractivity contribution in [2.45, 2.75) is 0 Å². The van der Waals surface area contributed by atoms with E-state index in [1.165, 1.54) is 10.1 Å². The second kappa shape index (κ2) is 6.24. The van der Waals surface area contributed by atoms with Crippen LogP contribution in [0.2, 0.25) is 0 Å². The van der Waals surface area contributed by atoms with Crippen molar-refractivity contribution in [3.8, 4) is 10.6 Å². The highest BCUT2D eigenvalue weighted by Gasteiger charge is 2.06. The Kier molecular flexibility index (Phi) is 3.61. The standard InChI is InChI=1S/C22H15N3S/c1-2-9-19-18(8-1)16(14-24-19)13-23-17-7-5-6-15(12-17)22-25-20-10-3-4-11-21(20)26-22/h1-14,24H. The maximum atomic E-state index is 4.74. The zero-order valence-electron chi connectivity index (χ0n) is 13.9. The summed E-state index contributed by atoms with van der Waals surface area (Å²) in [5.41, 5.74) is 5.27. The van der Waals surface area contributed by atoms with Crippen molar-refractivity contribution in [3.63, 3.8) is 0 Å². The van der Waals surface area contributed by atoms with Gasteiger partial charge >= 0.3 is 0 Å². The minimum atomic E-state index is 0.923. The molecular weight excluding hydrogens is 338 g/mol. The van der Waals surface area contributed by atoms with E-state index in [1.807, 2.05) is 54.9 Å². The summed E-state index contributed by atoms with van der Waals surface area (Å²) in [7, 11) is 0. The lowest BCUT2D eigenvalue weighted by Gasteiger charge is -1.98. The van der Waals surface area contributed by atoms with Crippen LogP contribution < -0.4 is 0 Å². The SMILES string of the molecule is C(=Nc1cccc(-c2nc3ccccc3s2)c1)c1c[nH]c2ccccc12. The third-order valence-electron chi connectivity index (χ3n) is 4.36. The number of hydrogen-bond donors (Lipinski definition) is 1. The fourth-order valence-electron chi connectivity index (χ4n) is 3.06. The topological polar surface area (TPSA) is 41.0 Å². The Bertz CT molecular complexity index is 1210. The smallest absolute Gasteiger partial charge is 0.124 e. The van der Waals surface area contributed by atoms with Crippen LogP contribution in [0.3, 0.4) is 0 Å². The van der Waals surface area contributed by atoms with Gasteiger partial charge in [-0.25, -0.2) is 4.98 Å². The van der Waals surface area contributed by atoms with Crippen molar-refractivity contribution >= 4 is 44.4 Å². The number of benzene rings is 3. The van der Waals surface area contributed by atoms with Crippen molar-refractivity contribution in [2.75, 3.05) is 0 Å². The van der Waals surface area contributed by atoms with Crippen molar-refractivity contribution in [1.29, 1.82) is 0 Å². The number of aliphatic imine (C=N–C) groups is 1. The Balaban J connectivity index is 1.49. The Morgan fingerprint density at radius 3 is 2.77 bits per heavy atom. The fourth-order valence-corrected chi connectivity index (χ4v) is 4.02. The highest BCUT2D eigenvalue weighted by atomic mass is 32.1. The number of fused-ring (bicyclic) bond motifs is 2. The summed E-state index contributed by atoms with van der Waals surface area (Å²) in [5.74, 6) is 0. The largest absolute Gasteiger partial charge is 0.361 e. The summed E-state index contributed by atoms with van der Waals surface area (Å²) in [5, 5.41) is 2.20. The van der Waals surface area contributed by atoms with E-state index in [0.717, 1.165) is 32.9 Å². The van der Waals surface area contributed by atoms with Crippen molar-refractivity contribution in [2.24, 2.45) is 4.99 Å². The average Bonchev–Trinajstić information content (AvgIpc) is 3.31. The molecule has 3 nitrogen and oxygen atoms in total. The minimum Gasteiger partial charge on any atom is -0.361 e. The summed E-state index contributed by atoms with van der Waals surface area (Å²) in [4.78, 5) is 12.7. The number of aromatic nitrogens is 2. The van der Waals surface area contributed by atoms with E-state index < -0.39 is 0 Å². The zero-order valence-corrected chi connectivity index (χ0v) is 14.7. The number of nitrogens with zero attached hydrogens (tertiary/aromatic N) is 2. The number of nitrogens with one attached hydrogen (secondary N) is 1. The Labute approximate surface area is 154 Å². The molecule has 0 amide bonds. The lowest BCUT2D eigenvalue weighted by Crippen LogP contribution is -1.78. The van der Waals surface area contributed by atoms with Gasteiger partial charge in [-0.05, 0) is 30.3 Å². The molecule has 0 atom stereocenters. The third kappa shape index (κ3) is 2.70. The molecule has 0 saturated carbocycles. The first-order valence-electron chi connectivity index (χ1n) is 8.43. The molecule has 2 heterocycles. The van der Waals surface area contributed by atoms with E-state index in [9.17, 15) is 0 Å². The first kappa shape index (κ1) is 15.0. The van der Waals surface area contributed by atoms with Crippen LogP contribution in [-0.2, 0) is 0 Å². The van der Waals surface area contributed by atoms with Crippen LogP contribution >= 0.6 is 11.3 Å². The predicted molar refractivity (Wildman–Crippen MR) is 111 cm³/mol. The molecule has 2 aromatic heterocycles. The van der Waals surface area contributed by atoms with Crippen LogP contribution in [0.15, 0.2) is 84.0 Å². The number of thiazole rings is 1. The van der Waals surface area contributed by atoms with Gasteiger partial charge in [-0.15, -0.1) is 11.3 Å². The molecular formula is C22H15N3S. The molecule has 1 N–H and O–H groups in total. The summed E-state index contributed by atoms with van der Waals surface area (Å²) < 4.78 is 1.20. The van der Waals surface area contributed by atoms with Gasteiger partial charge in [0, 0.05) is 34.4 Å². The minimum absolute atomic E-state index is 0.923. The van der Waals surface area contributed by atoms with Gasteiger partial charge in [0.1, 0.15) is 5.01 Å². The molecule has 0 spiro atoms. The van der Waals surface area contributed by atoms with Crippen LogP contribution in [0.5, 0.6) is 0 Å². The highest BCUT2D eigenvalue weighted by molar-refractivity contribution is 7.21. The van der Waals surface area contributed by atoms with Crippen molar-refractivity contribution in [3.05, 3.63) is 84.6 Å². The van der Waals surface area contributed by atoms with E-state index >= 15 is 0 Å². The first-order chi connectivity index (χ1) is 12.9. The van der Waals surface area contributed by atoms with Crippen LogP contribution in [0.1, 0.15) is 5.56 Å². The molecule has 0 radical (unpaired) electrons. The summed E-state index contributed by atoms with van der Waals surface area (Å²) >= 11 is 1.71. The molecule has 3 aromatic carbocycles.